The highest BCUT2D eigenvalue weighted by Crippen LogP contribution is 2.37. The first-order valence-electron chi connectivity index (χ1n) is 9.37. The van der Waals surface area contributed by atoms with E-state index in [2.05, 4.69) is 5.10 Å². The summed E-state index contributed by atoms with van der Waals surface area (Å²) in [5.74, 6) is 0.436. The molecule has 0 unspecified atom stereocenters. The van der Waals surface area contributed by atoms with Gasteiger partial charge in [-0.15, -0.1) is 0 Å². The van der Waals surface area contributed by atoms with Crippen LogP contribution in [0, 0.1) is 0 Å². The summed E-state index contributed by atoms with van der Waals surface area (Å²) in [6, 6.07) is 4.75. The molecule has 2 aliphatic rings. The fourth-order valence-corrected chi connectivity index (χ4v) is 3.80. The summed E-state index contributed by atoms with van der Waals surface area (Å²) in [4.78, 5) is 26.5. The number of aromatic nitrogens is 3. The number of likely N-dealkylation sites (tertiary alicyclic amines) is 1. The number of amides is 1. The minimum atomic E-state index is -4.48. The van der Waals surface area contributed by atoms with Crippen LogP contribution in [0.2, 0.25) is 0 Å². The molecule has 4 rings (SSSR count). The number of halogens is 3. The van der Waals surface area contributed by atoms with Crippen molar-refractivity contribution in [1.29, 1.82) is 0 Å². The summed E-state index contributed by atoms with van der Waals surface area (Å²) in [7, 11) is 1.64. The van der Waals surface area contributed by atoms with Gasteiger partial charge in [0.2, 0.25) is 0 Å². The van der Waals surface area contributed by atoms with Gasteiger partial charge >= 0.3 is 11.9 Å². The standard InChI is InChI=1S/C19H21F3N4O2/c1-24-18(28)26(15-5-6-15)16(23-24)12-7-9-25(10-8-12)17(27)13-3-2-4-14(11-13)19(20,21)22/h2-4,11-12,15H,5-10H2,1H3. The Bertz CT molecular complexity index is 951. The lowest BCUT2D eigenvalue weighted by molar-refractivity contribution is -0.137. The van der Waals surface area contributed by atoms with Crippen molar-refractivity contribution in [3.05, 3.63) is 51.7 Å². The average Bonchev–Trinajstić information content (AvgIpc) is 3.47. The van der Waals surface area contributed by atoms with Crippen molar-refractivity contribution >= 4 is 5.91 Å². The van der Waals surface area contributed by atoms with Gasteiger partial charge in [0.05, 0.1) is 5.56 Å². The number of hydrogen-bond acceptors (Lipinski definition) is 3. The number of rotatable bonds is 3. The van der Waals surface area contributed by atoms with Crippen molar-refractivity contribution in [3.63, 3.8) is 0 Å². The van der Waals surface area contributed by atoms with Crippen molar-refractivity contribution in [2.45, 2.75) is 43.8 Å². The van der Waals surface area contributed by atoms with Crippen molar-refractivity contribution in [2.24, 2.45) is 7.05 Å². The first-order chi connectivity index (χ1) is 13.3. The van der Waals surface area contributed by atoms with E-state index < -0.39 is 17.6 Å². The lowest BCUT2D eigenvalue weighted by Crippen LogP contribution is -2.38. The van der Waals surface area contributed by atoms with Gasteiger partial charge in [0, 0.05) is 37.7 Å². The highest BCUT2D eigenvalue weighted by Gasteiger charge is 2.35. The van der Waals surface area contributed by atoms with Gasteiger partial charge in [-0.1, -0.05) is 6.07 Å². The summed E-state index contributed by atoms with van der Waals surface area (Å²) in [6.45, 7) is 0.852. The van der Waals surface area contributed by atoms with E-state index in [1.165, 1.54) is 16.8 Å². The van der Waals surface area contributed by atoms with Crippen LogP contribution in [-0.2, 0) is 13.2 Å². The molecule has 1 saturated carbocycles. The molecule has 1 saturated heterocycles. The van der Waals surface area contributed by atoms with Crippen LogP contribution in [0.15, 0.2) is 29.1 Å². The molecule has 0 atom stereocenters. The van der Waals surface area contributed by atoms with Crippen molar-refractivity contribution in [3.8, 4) is 0 Å². The number of nitrogens with zero attached hydrogens (tertiary/aromatic N) is 4. The first kappa shape index (κ1) is 18.8. The molecule has 1 aliphatic heterocycles. The van der Waals surface area contributed by atoms with E-state index in [9.17, 15) is 22.8 Å². The van der Waals surface area contributed by atoms with Gasteiger partial charge in [0.1, 0.15) is 5.82 Å². The Hall–Kier alpha value is -2.58. The van der Waals surface area contributed by atoms with E-state index in [1.54, 1.807) is 16.5 Å². The van der Waals surface area contributed by atoms with E-state index in [4.69, 9.17) is 0 Å². The molecule has 2 aromatic rings. The smallest absolute Gasteiger partial charge is 0.339 e. The molecule has 0 spiro atoms. The van der Waals surface area contributed by atoms with Gasteiger partial charge < -0.3 is 4.90 Å². The van der Waals surface area contributed by atoms with Crippen LogP contribution >= 0.6 is 0 Å². The lowest BCUT2D eigenvalue weighted by atomic mass is 9.95. The third kappa shape index (κ3) is 3.45. The molecule has 0 N–H and O–H groups in total. The Labute approximate surface area is 159 Å². The van der Waals surface area contributed by atoms with Crippen LogP contribution in [0.3, 0.4) is 0 Å². The molecule has 0 bridgehead atoms. The normalized spacial score (nSPS) is 18.5. The van der Waals surface area contributed by atoms with Gasteiger partial charge in [-0.05, 0) is 43.9 Å². The third-order valence-corrected chi connectivity index (χ3v) is 5.48. The summed E-state index contributed by atoms with van der Waals surface area (Å²) in [5.41, 5.74) is -0.892. The minimum absolute atomic E-state index is 0.0426. The second kappa shape index (κ2) is 6.79. The van der Waals surface area contributed by atoms with Crippen LogP contribution in [0.25, 0.3) is 0 Å². The SMILES string of the molecule is Cn1nc(C2CCN(C(=O)c3cccc(C(F)(F)F)c3)CC2)n(C2CC2)c1=O. The van der Waals surface area contributed by atoms with Gasteiger partial charge in [-0.3, -0.25) is 9.36 Å². The topological polar surface area (TPSA) is 60.1 Å². The molecule has 1 amide bonds. The van der Waals surface area contributed by atoms with Gasteiger partial charge in [-0.2, -0.15) is 18.3 Å². The summed E-state index contributed by atoms with van der Waals surface area (Å²) in [6.07, 6.45) is -1.26. The number of alkyl halides is 3. The quantitative estimate of drug-likeness (QED) is 0.804. The zero-order valence-electron chi connectivity index (χ0n) is 15.4. The number of benzene rings is 1. The molecule has 28 heavy (non-hydrogen) atoms. The second-order valence-corrected chi connectivity index (χ2v) is 7.51. The van der Waals surface area contributed by atoms with Crippen LogP contribution < -0.4 is 5.69 Å². The minimum Gasteiger partial charge on any atom is -0.339 e. The summed E-state index contributed by atoms with van der Waals surface area (Å²) >= 11 is 0. The Morgan fingerprint density at radius 1 is 1.14 bits per heavy atom. The maximum absolute atomic E-state index is 12.9. The molecule has 1 aromatic carbocycles. The van der Waals surface area contributed by atoms with Gasteiger partial charge in [0.15, 0.2) is 0 Å². The van der Waals surface area contributed by atoms with Crippen molar-refractivity contribution in [2.75, 3.05) is 13.1 Å². The number of carbonyl (C=O) groups is 1. The Morgan fingerprint density at radius 3 is 2.43 bits per heavy atom. The van der Waals surface area contributed by atoms with Gasteiger partial charge in [-0.25, -0.2) is 9.48 Å². The van der Waals surface area contributed by atoms with E-state index in [-0.39, 0.29) is 23.2 Å². The molecule has 6 nitrogen and oxygen atoms in total. The van der Waals surface area contributed by atoms with Crippen LogP contribution in [0.4, 0.5) is 13.2 Å². The summed E-state index contributed by atoms with van der Waals surface area (Å²) in [5, 5.41) is 4.40. The molecule has 1 aliphatic carbocycles. The maximum Gasteiger partial charge on any atom is 0.416 e. The molecular formula is C19H21F3N4O2. The Balaban J connectivity index is 1.47. The second-order valence-electron chi connectivity index (χ2n) is 7.51. The fraction of sp³-hybridized carbons (Fsp3) is 0.526. The molecule has 1 aromatic heterocycles. The van der Waals surface area contributed by atoms with E-state index in [0.29, 0.717) is 25.9 Å². The lowest BCUT2D eigenvalue weighted by Gasteiger charge is -2.31. The first-order valence-corrected chi connectivity index (χ1v) is 9.37. The van der Waals surface area contributed by atoms with Crippen LogP contribution in [0.1, 0.15) is 59.4 Å². The Morgan fingerprint density at radius 2 is 1.82 bits per heavy atom. The van der Waals surface area contributed by atoms with E-state index >= 15 is 0 Å². The van der Waals surface area contributed by atoms with Crippen LogP contribution in [0.5, 0.6) is 0 Å². The number of aryl methyl sites for hydroxylation is 1. The highest BCUT2D eigenvalue weighted by atomic mass is 19.4. The zero-order valence-corrected chi connectivity index (χ0v) is 15.4. The molecule has 0 radical (unpaired) electrons. The Kier molecular flexibility index (Phi) is 4.55. The van der Waals surface area contributed by atoms with E-state index in [1.807, 2.05) is 0 Å². The fourth-order valence-electron chi connectivity index (χ4n) is 3.80. The van der Waals surface area contributed by atoms with Crippen molar-refractivity contribution in [1.82, 2.24) is 19.2 Å². The molecule has 2 fully saturated rings. The van der Waals surface area contributed by atoms with Crippen molar-refractivity contribution < 1.29 is 18.0 Å². The van der Waals surface area contributed by atoms with Crippen LogP contribution in [-0.4, -0.2) is 38.2 Å². The number of piperidine rings is 1. The average molecular weight is 394 g/mol. The number of carbonyl (C=O) groups excluding carboxylic acids is 1. The highest BCUT2D eigenvalue weighted by molar-refractivity contribution is 5.94. The zero-order chi connectivity index (χ0) is 20.1. The predicted molar refractivity (Wildman–Crippen MR) is 95.1 cm³/mol. The van der Waals surface area contributed by atoms with Gasteiger partial charge in [0.25, 0.3) is 5.91 Å². The molecule has 2 heterocycles. The van der Waals surface area contributed by atoms with E-state index in [0.717, 1.165) is 30.8 Å². The molecule has 9 heteroatoms. The maximum atomic E-state index is 12.9. The largest absolute Gasteiger partial charge is 0.416 e. The number of hydrogen-bond donors (Lipinski definition) is 0. The monoisotopic (exact) mass is 394 g/mol. The molecular weight excluding hydrogens is 373 g/mol. The summed E-state index contributed by atoms with van der Waals surface area (Å²) < 4.78 is 41.8. The third-order valence-electron chi connectivity index (χ3n) is 5.48. The predicted octanol–water partition coefficient (Wildman–Crippen LogP) is 2.96. The molecule has 150 valence electrons.